The van der Waals surface area contributed by atoms with E-state index in [1.807, 2.05) is 0 Å². The van der Waals surface area contributed by atoms with Crippen molar-refractivity contribution in [2.45, 2.75) is 13.5 Å². The molecule has 104 valence electrons. The Labute approximate surface area is 114 Å². The van der Waals surface area contributed by atoms with Crippen molar-refractivity contribution >= 4 is 11.7 Å². The van der Waals surface area contributed by atoms with Gasteiger partial charge in [0.25, 0.3) is 0 Å². The molecule has 0 radical (unpaired) electrons. The predicted molar refractivity (Wildman–Crippen MR) is 68.9 cm³/mol. The van der Waals surface area contributed by atoms with Crippen molar-refractivity contribution < 1.29 is 18.3 Å². The molecule has 0 atom stereocenters. The van der Waals surface area contributed by atoms with Crippen LogP contribution in [-0.2, 0) is 11.3 Å². The van der Waals surface area contributed by atoms with Gasteiger partial charge in [-0.25, -0.2) is 13.6 Å². The van der Waals surface area contributed by atoms with Crippen LogP contribution in [0.25, 0.3) is 0 Å². The molecular weight excluding hydrogens is 266 g/mol. The Bertz CT molecular complexity index is 660. The molecule has 2 aromatic rings. The number of anilines is 1. The minimum atomic E-state index is -1.01. The molecule has 0 spiro atoms. The molecule has 0 aliphatic heterocycles. The second kappa shape index (κ2) is 5.64. The van der Waals surface area contributed by atoms with Gasteiger partial charge in [-0.1, -0.05) is 6.07 Å². The molecule has 0 saturated carbocycles. The molecule has 0 fully saturated rings. The molecular formula is C14H12F2N2O2. The molecule has 4 nitrogen and oxygen atoms in total. The van der Waals surface area contributed by atoms with Crippen LogP contribution in [-0.4, -0.2) is 11.0 Å². The van der Waals surface area contributed by atoms with Crippen LogP contribution in [0.2, 0.25) is 0 Å². The molecule has 1 heterocycles. The highest BCUT2D eigenvalue weighted by Crippen LogP contribution is 2.17. The average Bonchev–Trinajstić information content (AvgIpc) is 2.40. The van der Waals surface area contributed by atoms with Gasteiger partial charge in [0.1, 0.15) is 18.2 Å². The highest BCUT2D eigenvalue weighted by atomic mass is 19.1. The molecule has 6 heteroatoms. The van der Waals surface area contributed by atoms with Gasteiger partial charge in [-0.2, -0.15) is 0 Å². The van der Waals surface area contributed by atoms with Crippen molar-refractivity contribution in [1.82, 2.24) is 4.98 Å². The molecule has 0 aliphatic rings. The lowest BCUT2D eigenvalue weighted by Gasteiger charge is -2.07. The third-order valence-electron chi connectivity index (χ3n) is 2.60. The van der Waals surface area contributed by atoms with Gasteiger partial charge in [0.2, 0.25) is 0 Å². The van der Waals surface area contributed by atoms with Crippen LogP contribution in [0.1, 0.15) is 21.7 Å². The number of esters is 1. The van der Waals surface area contributed by atoms with E-state index in [9.17, 15) is 13.6 Å². The number of aryl methyl sites for hydroxylation is 1. The highest BCUT2D eigenvalue weighted by Gasteiger charge is 2.16. The van der Waals surface area contributed by atoms with Crippen LogP contribution in [0.15, 0.2) is 30.3 Å². The first-order valence-corrected chi connectivity index (χ1v) is 5.81. The number of hydrogen-bond acceptors (Lipinski definition) is 4. The Morgan fingerprint density at radius 3 is 2.75 bits per heavy atom. The van der Waals surface area contributed by atoms with Crippen molar-refractivity contribution in [2.24, 2.45) is 0 Å². The molecule has 2 N–H and O–H groups in total. The summed E-state index contributed by atoms with van der Waals surface area (Å²) >= 11 is 0. The number of nitrogens with zero attached hydrogens (tertiary/aromatic N) is 1. The van der Waals surface area contributed by atoms with Crippen LogP contribution in [0, 0.1) is 18.6 Å². The lowest BCUT2D eigenvalue weighted by atomic mass is 10.2. The van der Waals surface area contributed by atoms with Crippen molar-refractivity contribution in [3.63, 3.8) is 0 Å². The maximum Gasteiger partial charge on any atom is 0.341 e. The van der Waals surface area contributed by atoms with Gasteiger partial charge in [0.15, 0.2) is 0 Å². The number of carbonyl (C=O) groups is 1. The Morgan fingerprint density at radius 1 is 1.30 bits per heavy atom. The summed E-state index contributed by atoms with van der Waals surface area (Å²) in [4.78, 5) is 15.9. The largest absolute Gasteiger partial charge is 0.456 e. The number of aromatic nitrogens is 1. The summed E-state index contributed by atoms with van der Waals surface area (Å²) in [6.45, 7) is 1.70. The molecule has 0 saturated heterocycles. The first-order chi connectivity index (χ1) is 9.47. The fourth-order valence-electron chi connectivity index (χ4n) is 1.62. The van der Waals surface area contributed by atoms with Crippen LogP contribution in [0.5, 0.6) is 0 Å². The second-order valence-electron chi connectivity index (χ2n) is 4.20. The van der Waals surface area contributed by atoms with Crippen LogP contribution >= 0.6 is 0 Å². The number of benzene rings is 1. The maximum atomic E-state index is 13.5. The van der Waals surface area contributed by atoms with Crippen molar-refractivity contribution in [3.8, 4) is 0 Å². The SMILES string of the molecule is Cc1cccc(COC(=O)c2cc(N)c(F)cc2F)n1. The number of rotatable bonds is 3. The summed E-state index contributed by atoms with van der Waals surface area (Å²) in [5, 5.41) is 0. The molecule has 0 aliphatic carbocycles. The van der Waals surface area contributed by atoms with Crippen LogP contribution in [0.3, 0.4) is 0 Å². The molecule has 20 heavy (non-hydrogen) atoms. The second-order valence-corrected chi connectivity index (χ2v) is 4.20. The smallest absolute Gasteiger partial charge is 0.341 e. The summed E-state index contributed by atoms with van der Waals surface area (Å²) in [5.74, 6) is -2.85. The number of nitrogens with two attached hydrogens (primary N) is 1. The number of nitrogen functional groups attached to an aromatic ring is 1. The van der Waals surface area contributed by atoms with E-state index >= 15 is 0 Å². The van der Waals surface area contributed by atoms with Crippen molar-refractivity contribution in [2.75, 3.05) is 5.73 Å². The summed E-state index contributed by atoms with van der Waals surface area (Å²) in [6, 6.07) is 6.71. The highest BCUT2D eigenvalue weighted by molar-refractivity contribution is 5.90. The van der Waals surface area contributed by atoms with Gasteiger partial charge in [-0.15, -0.1) is 0 Å². The Balaban J connectivity index is 2.11. The van der Waals surface area contributed by atoms with Crippen LogP contribution < -0.4 is 5.73 Å². The standard InChI is InChI=1S/C14H12F2N2O2/c1-8-3-2-4-9(18-8)7-20-14(19)10-5-13(17)12(16)6-11(10)15/h2-6H,7,17H2,1H3. The maximum absolute atomic E-state index is 13.5. The zero-order valence-electron chi connectivity index (χ0n) is 10.7. The van der Waals surface area contributed by atoms with Crippen molar-refractivity contribution in [1.29, 1.82) is 0 Å². The summed E-state index contributed by atoms with van der Waals surface area (Å²) in [7, 11) is 0. The summed E-state index contributed by atoms with van der Waals surface area (Å²) in [6.07, 6.45) is 0. The topological polar surface area (TPSA) is 65.2 Å². The predicted octanol–water partition coefficient (Wildman–Crippen LogP) is 2.61. The van der Waals surface area contributed by atoms with Gasteiger partial charge >= 0.3 is 5.97 Å². The Kier molecular flexibility index (Phi) is 3.93. The van der Waals surface area contributed by atoms with Crippen LogP contribution in [0.4, 0.5) is 14.5 Å². The third kappa shape index (κ3) is 3.09. The Morgan fingerprint density at radius 2 is 2.05 bits per heavy atom. The van der Waals surface area contributed by atoms with E-state index in [1.54, 1.807) is 25.1 Å². The minimum absolute atomic E-state index is 0.1000. The molecule has 0 bridgehead atoms. The first kappa shape index (κ1) is 13.9. The van der Waals surface area contributed by atoms with E-state index in [0.29, 0.717) is 11.8 Å². The number of pyridine rings is 1. The van der Waals surface area contributed by atoms with Gasteiger partial charge in [-0.3, -0.25) is 4.98 Å². The first-order valence-electron chi connectivity index (χ1n) is 5.81. The van der Waals surface area contributed by atoms with Gasteiger partial charge < -0.3 is 10.5 Å². The fourth-order valence-corrected chi connectivity index (χ4v) is 1.62. The van der Waals surface area contributed by atoms with E-state index in [0.717, 1.165) is 11.8 Å². The number of halogens is 2. The molecule has 1 aromatic heterocycles. The van der Waals surface area contributed by atoms with E-state index in [4.69, 9.17) is 10.5 Å². The fraction of sp³-hybridized carbons (Fsp3) is 0.143. The quantitative estimate of drug-likeness (QED) is 0.692. The van der Waals surface area contributed by atoms with Gasteiger partial charge in [-0.05, 0) is 25.1 Å². The van der Waals surface area contributed by atoms with E-state index < -0.39 is 23.2 Å². The van der Waals surface area contributed by atoms with E-state index in [2.05, 4.69) is 4.98 Å². The third-order valence-corrected chi connectivity index (χ3v) is 2.60. The molecule has 1 aromatic carbocycles. The average molecular weight is 278 g/mol. The summed E-state index contributed by atoms with van der Waals surface area (Å²) in [5.41, 5.74) is 5.88. The number of ether oxygens (including phenoxy) is 1. The zero-order valence-corrected chi connectivity index (χ0v) is 10.7. The zero-order chi connectivity index (χ0) is 14.7. The van der Waals surface area contributed by atoms with Gasteiger partial charge in [0.05, 0.1) is 16.9 Å². The minimum Gasteiger partial charge on any atom is -0.456 e. The number of carbonyl (C=O) groups excluding carboxylic acids is 1. The van der Waals surface area contributed by atoms with Crippen molar-refractivity contribution in [3.05, 3.63) is 58.9 Å². The normalized spacial score (nSPS) is 10.3. The monoisotopic (exact) mass is 278 g/mol. The Hall–Kier alpha value is -2.50. The lowest BCUT2D eigenvalue weighted by Crippen LogP contribution is -2.10. The van der Waals surface area contributed by atoms with Gasteiger partial charge in [0, 0.05) is 11.8 Å². The summed E-state index contributed by atoms with van der Waals surface area (Å²) < 4.78 is 31.4. The van der Waals surface area contributed by atoms with E-state index in [-0.39, 0.29) is 12.3 Å². The van der Waals surface area contributed by atoms with E-state index in [1.165, 1.54) is 0 Å². The molecule has 2 rings (SSSR count). The molecule has 0 unspecified atom stereocenters. The molecule has 0 amide bonds. The lowest BCUT2D eigenvalue weighted by molar-refractivity contribution is 0.0462. The number of hydrogen-bond donors (Lipinski definition) is 1.